The van der Waals surface area contributed by atoms with Crippen molar-refractivity contribution in [1.29, 1.82) is 0 Å². The van der Waals surface area contributed by atoms with Crippen molar-refractivity contribution >= 4 is 11.8 Å². The molecule has 0 amide bonds. The van der Waals surface area contributed by atoms with Crippen molar-refractivity contribution in [2.45, 2.75) is 32.4 Å². The van der Waals surface area contributed by atoms with Crippen molar-refractivity contribution in [3.8, 4) is 0 Å². The van der Waals surface area contributed by atoms with Crippen molar-refractivity contribution in [2.75, 3.05) is 18.8 Å². The summed E-state index contributed by atoms with van der Waals surface area (Å²) in [5.41, 5.74) is 0. The number of nitrogens with one attached hydrogen (secondary N) is 1. The third kappa shape index (κ3) is 8.31. The molecule has 0 radical (unpaired) electrons. The highest BCUT2D eigenvalue weighted by atomic mass is 32.2. The first-order chi connectivity index (χ1) is 4.77. The van der Waals surface area contributed by atoms with Crippen LogP contribution < -0.4 is 5.32 Å². The maximum absolute atomic E-state index is 3.31. The molecule has 0 atom stereocenters. The van der Waals surface area contributed by atoms with Crippen molar-refractivity contribution in [1.82, 2.24) is 5.32 Å². The van der Waals surface area contributed by atoms with E-state index in [1.807, 2.05) is 11.8 Å². The molecule has 0 aromatic rings. The van der Waals surface area contributed by atoms with E-state index in [9.17, 15) is 0 Å². The third-order valence-corrected chi connectivity index (χ3v) is 2.39. The van der Waals surface area contributed by atoms with Gasteiger partial charge in [-0.05, 0) is 30.5 Å². The molecule has 2 heteroatoms. The normalized spacial score (nSPS) is 10.8. The Morgan fingerprint density at radius 1 is 1.40 bits per heavy atom. The van der Waals surface area contributed by atoms with Crippen LogP contribution in [0.15, 0.2) is 0 Å². The Labute approximate surface area is 69.0 Å². The number of hydrogen-bond acceptors (Lipinski definition) is 2. The number of thioether (sulfide) groups is 1. The van der Waals surface area contributed by atoms with Gasteiger partial charge in [0, 0.05) is 0 Å². The molecule has 0 heterocycles. The molecule has 10 heavy (non-hydrogen) atoms. The fourth-order valence-corrected chi connectivity index (χ4v) is 1.48. The van der Waals surface area contributed by atoms with E-state index < -0.39 is 0 Å². The van der Waals surface area contributed by atoms with Crippen LogP contribution in [0.2, 0.25) is 0 Å². The predicted octanol–water partition coefficient (Wildman–Crippen LogP) is 2.13. The molecular formula is C8H19NS. The molecule has 1 N–H and O–H groups in total. The van der Waals surface area contributed by atoms with Crippen LogP contribution in [0.3, 0.4) is 0 Å². The zero-order chi connectivity index (χ0) is 7.82. The molecule has 0 bridgehead atoms. The monoisotopic (exact) mass is 161 g/mol. The van der Waals surface area contributed by atoms with E-state index >= 15 is 0 Å². The van der Waals surface area contributed by atoms with Crippen LogP contribution >= 0.6 is 11.8 Å². The van der Waals surface area contributed by atoms with Gasteiger partial charge in [0.05, 0.1) is 0 Å². The van der Waals surface area contributed by atoms with E-state index in [-0.39, 0.29) is 0 Å². The number of hydrogen-bond donors (Lipinski definition) is 1. The zero-order valence-electron chi connectivity index (χ0n) is 7.31. The molecule has 0 fully saturated rings. The van der Waals surface area contributed by atoms with E-state index in [1.165, 1.54) is 18.7 Å². The summed E-state index contributed by atoms with van der Waals surface area (Å²) in [5.74, 6) is 1.30. The number of rotatable bonds is 6. The molecule has 0 unspecified atom stereocenters. The summed E-state index contributed by atoms with van der Waals surface area (Å²) in [6.07, 6.45) is 1.30. The smallest absolute Gasteiger partial charge is 0.000968 e. The lowest BCUT2D eigenvalue weighted by Crippen LogP contribution is -2.14. The average molecular weight is 161 g/mol. The van der Waals surface area contributed by atoms with Crippen LogP contribution in [-0.4, -0.2) is 24.1 Å². The van der Waals surface area contributed by atoms with Crippen LogP contribution in [0.25, 0.3) is 0 Å². The maximum Gasteiger partial charge on any atom is -0.000968 e. The van der Waals surface area contributed by atoms with Crippen LogP contribution in [0.5, 0.6) is 0 Å². The Hall–Kier alpha value is 0.310. The second-order valence-corrected chi connectivity index (χ2v) is 4.31. The van der Waals surface area contributed by atoms with Gasteiger partial charge in [-0.1, -0.05) is 20.8 Å². The molecule has 0 aromatic heterocycles. The Morgan fingerprint density at radius 2 is 2.10 bits per heavy atom. The summed E-state index contributed by atoms with van der Waals surface area (Å²) in [7, 11) is 0. The summed E-state index contributed by atoms with van der Waals surface area (Å²) in [5, 5.41) is 4.10. The summed E-state index contributed by atoms with van der Waals surface area (Å²) in [4.78, 5) is 0. The average Bonchev–Trinajstić information content (AvgIpc) is 1.87. The van der Waals surface area contributed by atoms with Crippen LogP contribution in [0.1, 0.15) is 27.2 Å². The van der Waals surface area contributed by atoms with Crippen LogP contribution in [0.4, 0.5) is 0 Å². The van der Waals surface area contributed by atoms with Gasteiger partial charge in [0.2, 0.25) is 0 Å². The third-order valence-electron chi connectivity index (χ3n) is 1.20. The largest absolute Gasteiger partial charge is 0.317 e. The van der Waals surface area contributed by atoms with E-state index in [2.05, 4.69) is 26.1 Å². The van der Waals surface area contributed by atoms with Gasteiger partial charge >= 0.3 is 0 Å². The van der Waals surface area contributed by atoms with E-state index in [4.69, 9.17) is 0 Å². The molecule has 0 aliphatic rings. The van der Waals surface area contributed by atoms with Gasteiger partial charge in [0.1, 0.15) is 0 Å². The first kappa shape index (κ1) is 10.3. The van der Waals surface area contributed by atoms with Gasteiger partial charge in [-0.15, -0.1) is 0 Å². The fraction of sp³-hybridized carbons (Fsp3) is 1.00. The molecule has 0 saturated heterocycles. The molecule has 0 aromatic carbocycles. The van der Waals surface area contributed by atoms with Crippen molar-refractivity contribution in [3.05, 3.63) is 0 Å². The van der Waals surface area contributed by atoms with Crippen molar-refractivity contribution < 1.29 is 0 Å². The van der Waals surface area contributed by atoms with E-state index in [0.717, 1.165) is 11.8 Å². The lowest BCUT2D eigenvalue weighted by molar-refractivity contribution is 0.707. The van der Waals surface area contributed by atoms with Crippen molar-refractivity contribution in [2.24, 2.45) is 0 Å². The van der Waals surface area contributed by atoms with Gasteiger partial charge in [-0.25, -0.2) is 0 Å². The van der Waals surface area contributed by atoms with Gasteiger partial charge in [-0.3, -0.25) is 0 Å². The highest BCUT2D eigenvalue weighted by molar-refractivity contribution is 7.99. The summed E-state index contributed by atoms with van der Waals surface area (Å²) in [6.45, 7) is 8.92. The van der Waals surface area contributed by atoms with Crippen LogP contribution in [-0.2, 0) is 0 Å². The Kier molecular flexibility index (Phi) is 7.65. The van der Waals surface area contributed by atoms with Crippen molar-refractivity contribution in [3.63, 3.8) is 0 Å². The SMILES string of the molecule is CCNCCCSC(C)C. The Balaban J connectivity index is 2.77. The Bertz CT molecular complexity index is 64.3. The summed E-state index contributed by atoms with van der Waals surface area (Å²) in [6, 6.07) is 0. The molecule has 0 aliphatic heterocycles. The highest BCUT2D eigenvalue weighted by Crippen LogP contribution is 2.09. The lowest BCUT2D eigenvalue weighted by atomic mass is 10.5. The van der Waals surface area contributed by atoms with E-state index in [1.54, 1.807) is 0 Å². The Morgan fingerprint density at radius 3 is 2.60 bits per heavy atom. The first-order valence-electron chi connectivity index (χ1n) is 4.09. The standard InChI is InChI=1S/C8H19NS/c1-4-9-6-5-7-10-8(2)3/h8-9H,4-7H2,1-3H3. The quantitative estimate of drug-likeness (QED) is 0.599. The molecule has 0 saturated carbocycles. The minimum absolute atomic E-state index is 0.793. The minimum atomic E-state index is 0.793. The van der Waals surface area contributed by atoms with Gasteiger partial charge in [0.15, 0.2) is 0 Å². The molecule has 0 aliphatic carbocycles. The van der Waals surface area contributed by atoms with Gasteiger partial charge < -0.3 is 5.32 Å². The predicted molar refractivity (Wildman–Crippen MR) is 50.8 cm³/mol. The lowest BCUT2D eigenvalue weighted by Gasteiger charge is -2.03. The first-order valence-corrected chi connectivity index (χ1v) is 5.14. The minimum Gasteiger partial charge on any atom is -0.317 e. The molecule has 1 nitrogen and oxygen atoms in total. The van der Waals surface area contributed by atoms with E-state index in [0.29, 0.717) is 0 Å². The van der Waals surface area contributed by atoms with Crippen LogP contribution in [0, 0.1) is 0 Å². The molecular weight excluding hydrogens is 142 g/mol. The molecule has 62 valence electrons. The second kappa shape index (κ2) is 7.42. The van der Waals surface area contributed by atoms with Gasteiger partial charge in [0.25, 0.3) is 0 Å². The molecule has 0 rings (SSSR count). The highest BCUT2D eigenvalue weighted by Gasteiger charge is 1.92. The maximum atomic E-state index is 3.31. The molecule has 0 spiro atoms. The second-order valence-electron chi connectivity index (χ2n) is 2.63. The topological polar surface area (TPSA) is 12.0 Å². The van der Waals surface area contributed by atoms with Gasteiger partial charge in [-0.2, -0.15) is 11.8 Å². The summed E-state index contributed by atoms with van der Waals surface area (Å²) >= 11 is 2.04. The zero-order valence-corrected chi connectivity index (χ0v) is 8.13. The summed E-state index contributed by atoms with van der Waals surface area (Å²) < 4.78 is 0. The fourth-order valence-electron chi connectivity index (χ4n) is 0.693.